The number of rotatable bonds is 4. The molecule has 1 N–H and O–H groups in total. The molecule has 3 rings (SSSR count). The van der Waals surface area contributed by atoms with Crippen molar-refractivity contribution in [1.29, 1.82) is 0 Å². The van der Waals surface area contributed by atoms with Gasteiger partial charge in [-0.05, 0) is 38.1 Å². The number of amides is 1. The molecule has 0 unspecified atom stereocenters. The van der Waals surface area contributed by atoms with Crippen LogP contribution >= 0.6 is 0 Å². The third-order valence-electron chi connectivity index (χ3n) is 5.31. The Morgan fingerprint density at radius 3 is 2.68 bits per heavy atom. The van der Waals surface area contributed by atoms with Crippen molar-refractivity contribution in [2.24, 2.45) is 0 Å². The van der Waals surface area contributed by atoms with E-state index >= 15 is 0 Å². The highest BCUT2D eigenvalue weighted by Crippen LogP contribution is 2.37. The Bertz CT molecular complexity index is 640. The van der Waals surface area contributed by atoms with Gasteiger partial charge in [-0.3, -0.25) is 4.79 Å². The minimum absolute atomic E-state index is 0.0239. The number of piperazine rings is 1. The quantitative estimate of drug-likeness (QED) is 0.905. The van der Waals surface area contributed by atoms with Crippen LogP contribution in [0.1, 0.15) is 42.5 Å². The molecule has 136 valence electrons. The molecule has 1 aromatic carbocycles. The molecule has 1 spiro atoms. The minimum Gasteiger partial charge on any atom is -0.482 e. The monoisotopic (exact) mass is 346 g/mol. The van der Waals surface area contributed by atoms with Gasteiger partial charge in [0, 0.05) is 25.2 Å². The minimum atomic E-state index is -1.03. The van der Waals surface area contributed by atoms with Gasteiger partial charge in [-0.25, -0.2) is 4.79 Å². The maximum Gasteiger partial charge on any atom is 0.341 e. The average molecular weight is 346 g/mol. The standard InChI is InChI=1S/C19H26N2O4/c1-20-10-11-21(19(14-20)8-3-2-4-9-19)18(24)15-6-5-7-16(12-15)25-13-17(22)23/h5-7,12H,2-4,8-11,13-14H2,1H3,(H,22,23). The fraction of sp³-hybridized carbons (Fsp3) is 0.579. The van der Waals surface area contributed by atoms with Crippen LogP contribution in [-0.4, -0.2) is 65.6 Å². The lowest BCUT2D eigenvalue weighted by molar-refractivity contribution is -0.139. The Morgan fingerprint density at radius 2 is 1.96 bits per heavy atom. The van der Waals surface area contributed by atoms with Gasteiger partial charge in [0.25, 0.3) is 5.91 Å². The number of carboxylic acids is 1. The fourth-order valence-corrected chi connectivity index (χ4v) is 4.15. The van der Waals surface area contributed by atoms with Crippen LogP contribution in [0.4, 0.5) is 0 Å². The van der Waals surface area contributed by atoms with Gasteiger partial charge in [0.2, 0.25) is 0 Å². The fourth-order valence-electron chi connectivity index (χ4n) is 4.15. The number of benzene rings is 1. The van der Waals surface area contributed by atoms with Crippen molar-refractivity contribution < 1.29 is 19.4 Å². The molecular formula is C19H26N2O4. The molecule has 1 saturated carbocycles. The molecule has 1 aliphatic carbocycles. The van der Waals surface area contributed by atoms with Crippen LogP contribution in [0.3, 0.4) is 0 Å². The van der Waals surface area contributed by atoms with E-state index in [9.17, 15) is 9.59 Å². The topological polar surface area (TPSA) is 70.1 Å². The largest absolute Gasteiger partial charge is 0.482 e. The van der Waals surface area contributed by atoms with Gasteiger partial charge in [0.05, 0.1) is 5.54 Å². The van der Waals surface area contributed by atoms with Crippen molar-refractivity contribution in [3.63, 3.8) is 0 Å². The van der Waals surface area contributed by atoms with Crippen LogP contribution in [0.2, 0.25) is 0 Å². The molecular weight excluding hydrogens is 320 g/mol. The highest BCUT2D eigenvalue weighted by molar-refractivity contribution is 5.95. The first-order chi connectivity index (χ1) is 12.0. The molecule has 1 aliphatic heterocycles. The molecule has 6 heteroatoms. The molecule has 0 radical (unpaired) electrons. The Kier molecular flexibility index (Phi) is 5.27. The number of carbonyl (C=O) groups excluding carboxylic acids is 1. The molecule has 0 atom stereocenters. The summed E-state index contributed by atoms with van der Waals surface area (Å²) in [5, 5.41) is 8.74. The molecule has 0 bridgehead atoms. The molecule has 2 aliphatic rings. The van der Waals surface area contributed by atoms with Crippen LogP contribution in [0, 0.1) is 0 Å². The first-order valence-corrected chi connectivity index (χ1v) is 8.95. The maximum atomic E-state index is 13.2. The van der Waals surface area contributed by atoms with Gasteiger partial charge in [-0.2, -0.15) is 0 Å². The number of nitrogens with zero attached hydrogens (tertiary/aromatic N) is 2. The SMILES string of the molecule is CN1CCN(C(=O)c2cccc(OCC(=O)O)c2)C2(CCCCC2)C1. The van der Waals surface area contributed by atoms with Crippen molar-refractivity contribution in [3.05, 3.63) is 29.8 Å². The van der Waals surface area contributed by atoms with Gasteiger partial charge in [-0.15, -0.1) is 0 Å². The first kappa shape index (κ1) is 17.7. The Hall–Kier alpha value is -2.08. The van der Waals surface area contributed by atoms with Crippen LogP contribution in [0.25, 0.3) is 0 Å². The third kappa shape index (κ3) is 3.95. The summed E-state index contributed by atoms with van der Waals surface area (Å²) in [4.78, 5) is 28.3. The first-order valence-electron chi connectivity index (χ1n) is 8.95. The van der Waals surface area contributed by atoms with E-state index in [2.05, 4.69) is 16.8 Å². The van der Waals surface area contributed by atoms with Crippen molar-refractivity contribution >= 4 is 11.9 Å². The molecule has 25 heavy (non-hydrogen) atoms. The molecule has 1 saturated heterocycles. The van der Waals surface area contributed by atoms with E-state index < -0.39 is 12.6 Å². The van der Waals surface area contributed by atoms with E-state index in [0.29, 0.717) is 11.3 Å². The number of aliphatic carboxylic acids is 1. The molecule has 1 heterocycles. The second kappa shape index (κ2) is 7.44. The molecule has 6 nitrogen and oxygen atoms in total. The van der Waals surface area contributed by atoms with E-state index in [1.165, 1.54) is 19.3 Å². The summed E-state index contributed by atoms with van der Waals surface area (Å²) in [7, 11) is 2.12. The van der Waals surface area contributed by atoms with Crippen LogP contribution < -0.4 is 4.74 Å². The summed E-state index contributed by atoms with van der Waals surface area (Å²) in [5.74, 6) is -0.590. The number of hydrogen-bond acceptors (Lipinski definition) is 4. The summed E-state index contributed by atoms with van der Waals surface area (Å²) in [6, 6.07) is 6.86. The van der Waals surface area contributed by atoms with E-state index in [1.807, 2.05) is 0 Å². The summed E-state index contributed by atoms with van der Waals surface area (Å²) in [6.07, 6.45) is 5.68. The predicted octanol–water partition coefficient (Wildman–Crippen LogP) is 2.24. The van der Waals surface area contributed by atoms with E-state index in [1.54, 1.807) is 24.3 Å². The highest BCUT2D eigenvalue weighted by Gasteiger charge is 2.44. The lowest BCUT2D eigenvalue weighted by atomic mass is 9.78. The normalized spacial score (nSPS) is 20.4. The Balaban J connectivity index is 1.81. The number of hydrogen-bond donors (Lipinski definition) is 1. The second-order valence-corrected chi connectivity index (χ2v) is 7.19. The third-order valence-corrected chi connectivity index (χ3v) is 5.31. The van der Waals surface area contributed by atoms with Gasteiger partial charge in [0.1, 0.15) is 5.75 Å². The van der Waals surface area contributed by atoms with Gasteiger partial charge in [0.15, 0.2) is 6.61 Å². The Labute approximate surface area is 148 Å². The number of carbonyl (C=O) groups is 2. The second-order valence-electron chi connectivity index (χ2n) is 7.19. The van der Waals surface area contributed by atoms with Crippen LogP contribution in [0.5, 0.6) is 5.75 Å². The summed E-state index contributed by atoms with van der Waals surface area (Å²) in [5.41, 5.74) is 0.498. The molecule has 1 aromatic rings. The number of ether oxygens (including phenoxy) is 1. The predicted molar refractivity (Wildman–Crippen MR) is 93.9 cm³/mol. The van der Waals surface area contributed by atoms with Crippen molar-refractivity contribution in [2.45, 2.75) is 37.6 Å². The average Bonchev–Trinajstić information content (AvgIpc) is 2.60. The van der Waals surface area contributed by atoms with Gasteiger partial charge in [-0.1, -0.05) is 25.3 Å². The van der Waals surface area contributed by atoms with E-state index in [-0.39, 0.29) is 11.4 Å². The lowest BCUT2D eigenvalue weighted by Gasteiger charge is -2.52. The van der Waals surface area contributed by atoms with Gasteiger partial charge < -0.3 is 19.6 Å². The summed E-state index contributed by atoms with van der Waals surface area (Å²) in [6.45, 7) is 2.13. The highest BCUT2D eigenvalue weighted by atomic mass is 16.5. The zero-order valence-electron chi connectivity index (χ0n) is 14.7. The lowest BCUT2D eigenvalue weighted by Crippen LogP contribution is -2.63. The molecule has 2 fully saturated rings. The number of carboxylic acid groups (broad SMARTS) is 1. The zero-order valence-corrected chi connectivity index (χ0v) is 14.7. The van der Waals surface area contributed by atoms with E-state index in [4.69, 9.17) is 9.84 Å². The molecule has 0 aromatic heterocycles. The van der Waals surface area contributed by atoms with Crippen LogP contribution in [-0.2, 0) is 4.79 Å². The smallest absolute Gasteiger partial charge is 0.341 e. The van der Waals surface area contributed by atoms with Crippen LogP contribution in [0.15, 0.2) is 24.3 Å². The van der Waals surface area contributed by atoms with Crippen molar-refractivity contribution in [2.75, 3.05) is 33.3 Å². The van der Waals surface area contributed by atoms with Gasteiger partial charge >= 0.3 is 5.97 Å². The Morgan fingerprint density at radius 1 is 1.20 bits per heavy atom. The summed E-state index contributed by atoms with van der Waals surface area (Å²) >= 11 is 0. The maximum absolute atomic E-state index is 13.2. The number of likely N-dealkylation sites (N-methyl/N-ethyl adjacent to an activating group) is 1. The van der Waals surface area contributed by atoms with Crippen molar-refractivity contribution in [1.82, 2.24) is 9.80 Å². The molecule has 1 amide bonds. The zero-order chi connectivity index (χ0) is 17.9. The van der Waals surface area contributed by atoms with Crippen molar-refractivity contribution in [3.8, 4) is 5.75 Å². The summed E-state index contributed by atoms with van der Waals surface area (Å²) < 4.78 is 5.22. The van der Waals surface area contributed by atoms with E-state index in [0.717, 1.165) is 32.5 Å².